The molecule has 106 valence electrons. The third-order valence-electron chi connectivity index (χ3n) is 4.01. The quantitative estimate of drug-likeness (QED) is 0.864. The highest BCUT2D eigenvalue weighted by atomic mass is 32.2. The van der Waals surface area contributed by atoms with Crippen molar-refractivity contribution >= 4 is 11.8 Å². The molecule has 2 N–H and O–H groups in total. The van der Waals surface area contributed by atoms with E-state index in [0.717, 1.165) is 11.7 Å². The maximum Gasteiger partial charge on any atom is 0.115 e. The third-order valence-corrected chi connectivity index (χ3v) is 5.14. The van der Waals surface area contributed by atoms with Gasteiger partial charge in [-0.2, -0.15) is 11.8 Å². The van der Waals surface area contributed by atoms with Gasteiger partial charge in [0.1, 0.15) is 5.75 Å². The van der Waals surface area contributed by atoms with E-state index in [-0.39, 0.29) is 0 Å². The Kier molecular flexibility index (Phi) is 5.59. The van der Waals surface area contributed by atoms with Crippen molar-refractivity contribution in [1.82, 2.24) is 5.32 Å². The maximum atomic E-state index is 9.28. The van der Waals surface area contributed by atoms with Crippen LogP contribution in [0.15, 0.2) is 24.3 Å². The van der Waals surface area contributed by atoms with Gasteiger partial charge in [0.15, 0.2) is 0 Å². The first-order chi connectivity index (χ1) is 9.17. The van der Waals surface area contributed by atoms with Crippen LogP contribution in [0.2, 0.25) is 0 Å². The number of benzene rings is 1. The normalized spacial score (nSPS) is 25.2. The molecule has 0 heterocycles. The van der Waals surface area contributed by atoms with Gasteiger partial charge in [-0.15, -0.1) is 0 Å². The van der Waals surface area contributed by atoms with E-state index >= 15 is 0 Å². The molecular formula is C16H25NOS. The van der Waals surface area contributed by atoms with Gasteiger partial charge in [-0.1, -0.05) is 12.1 Å². The molecule has 1 aliphatic carbocycles. The Morgan fingerprint density at radius 2 is 1.84 bits per heavy atom. The minimum atomic E-state index is 0.347. The van der Waals surface area contributed by atoms with Gasteiger partial charge in [0.05, 0.1) is 0 Å². The molecule has 1 fully saturated rings. The number of phenols is 1. The molecule has 0 aromatic heterocycles. The fourth-order valence-electron chi connectivity index (χ4n) is 2.91. The van der Waals surface area contributed by atoms with Gasteiger partial charge in [-0.05, 0) is 63.0 Å². The lowest BCUT2D eigenvalue weighted by Gasteiger charge is -2.30. The number of phenolic OH excluding ortho intramolecular Hbond substituents is 1. The van der Waals surface area contributed by atoms with E-state index in [2.05, 4.69) is 18.5 Å². The lowest BCUT2D eigenvalue weighted by Crippen LogP contribution is -2.40. The SMILES string of the molecule is CSC1CCC(NC(C)Cc2ccc(O)cc2)CC1. The first-order valence-electron chi connectivity index (χ1n) is 7.24. The van der Waals surface area contributed by atoms with Crippen molar-refractivity contribution in [3.63, 3.8) is 0 Å². The van der Waals surface area contributed by atoms with E-state index in [4.69, 9.17) is 0 Å². The minimum absolute atomic E-state index is 0.347. The van der Waals surface area contributed by atoms with Crippen LogP contribution >= 0.6 is 11.8 Å². The van der Waals surface area contributed by atoms with Crippen molar-refractivity contribution < 1.29 is 5.11 Å². The van der Waals surface area contributed by atoms with Crippen molar-refractivity contribution in [3.05, 3.63) is 29.8 Å². The second kappa shape index (κ2) is 7.20. The van der Waals surface area contributed by atoms with Crippen molar-refractivity contribution in [2.75, 3.05) is 6.26 Å². The highest BCUT2D eigenvalue weighted by molar-refractivity contribution is 7.99. The molecule has 0 amide bonds. The number of hydrogen-bond acceptors (Lipinski definition) is 3. The van der Waals surface area contributed by atoms with Gasteiger partial charge < -0.3 is 10.4 Å². The molecule has 1 aromatic rings. The molecule has 3 heteroatoms. The molecule has 1 saturated carbocycles. The molecular weight excluding hydrogens is 254 g/mol. The van der Waals surface area contributed by atoms with Crippen LogP contribution in [-0.4, -0.2) is 28.7 Å². The summed E-state index contributed by atoms with van der Waals surface area (Å²) in [6.45, 7) is 2.26. The summed E-state index contributed by atoms with van der Waals surface area (Å²) in [5.41, 5.74) is 1.29. The van der Waals surface area contributed by atoms with Crippen LogP contribution in [-0.2, 0) is 6.42 Å². The van der Waals surface area contributed by atoms with Crippen molar-refractivity contribution in [2.24, 2.45) is 0 Å². The Balaban J connectivity index is 1.75. The average Bonchev–Trinajstić information content (AvgIpc) is 2.42. The fraction of sp³-hybridized carbons (Fsp3) is 0.625. The molecule has 0 spiro atoms. The van der Waals surface area contributed by atoms with E-state index in [1.807, 2.05) is 23.9 Å². The third kappa shape index (κ3) is 4.73. The first-order valence-corrected chi connectivity index (χ1v) is 8.53. The predicted molar refractivity (Wildman–Crippen MR) is 84.0 cm³/mol. The van der Waals surface area contributed by atoms with Crippen LogP contribution in [0.4, 0.5) is 0 Å². The lowest BCUT2D eigenvalue weighted by atomic mass is 9.94. The number of thioether (sulfide) groups is 1. The molecule has 0 radical (unpaired) electrons. The Morgan fingerprint density at radius 3 is 2.42 bits per heavy atom. The monoisotopic (exact) mass is 279 g/mol. The van der Waals surface area contributed by atoms with E-state index in [9.17, 15) is 5.11 Å². The number of rotatable bonds is 5. The minimum Gasteiger partial charge on any atom is -0.508 e. The summed E-state index contributed by atoms with van der Waals surface area (Å²) >= 11 is 2.02. The fourth-order valence-corrected chi connectivity index (χ4v) is 3.66. The smallest absolute Gasteiger partial charge is 0.115 e. The summed E-state index contributed by atoms with van der Waals surface area (Å²) in [5.74, 6) is 0.347. The van der Waals surface area contributed by atoms with Crippen LogP contribution in [0.5, 0.6) is 5.75 Å². The van der Waals surface area contributed by atoms with E-state index in [1.165, 1.54) is 31.2 Å². The van der Waals surface area contributed by atoms with Gasteiger partial charge >= 0.3 is 0 Å². The molecule has 19 heavy (non-hydrogen) atoms. The molecule has 0 saturated heterocycles. The van der Waals surface area contributed by atoms with Gasteiger partial charge in [0.2, 0.25) is 0 Å². The second-order valence-corrected chi connectivity index (χ2v) is 6.79. The Bertz CT molecular complexity index is 371. The molecule has 0 aliphatic heterocycles. The van der Waals surface area contributed by atoms with E-state index in [0.29, 0.717) is 17.8 Å². The lowest BCUT2D eigenvalue weighted by molar-refractivity contribution is 0.348. The van der Waals surface area contributed by atoms with Gasteiger partial charge in [-0.25, -0.2) is 0 Å². The van der Waals surface area contributed by atoms with Crippen molar-refractivity contribution in [2.45, 2.75) is 56.4 Å². The van der Waals surface area contributed by atoms with Gasteiger partial charge in [0.25, 0.3) is 0 Å². The molecule has 2 rings (SSSR count). The highest BCUT2D eigenvalue weighted by Gasteiger charge is 2.21. The second-order valence-electron chi connectivity index (χ2n) is 5.65. The van der Waals surface area contributed by atoms with Crippen LogP contribution in [0.1, 0.15) is 38.2 Å². The van der Waals surface area contributed by atoms with Gasteiger partial charge in [0, 0.05) is 17.3 Å². The maximum absolute atomic E-state index is 9.28. The van der Waals surface area contributed by atoms with E-state index < -0.39 is 0 Å². The zero-order chi connectivity index (χ0) is 13.7. The summed E-state index contributed by atoms with van der Waals surface area (Å²) in [6, 6.07) is 8.75. The average molecular weight is 279 g/mol. The zero-order valence-corrected chi connectivity index (χ0v) is 12.7. The Hall–Kier alpha value is -0.670. The standard InChI is InChI=1S/C16H25NOS/c1-12(11-13-3-7-15(18)8-4-13)17-14-5-9-16(19-2)10-6-14/h3-4,7-8,12,14,16-18H,5-6,9-11H2,1-2H3. The number of nitrogens with one attached hydrogen (secondary N) is 1. The topological polar surface area (TPSA) is 32.3 Å². The number of hydrogen-bond donors (Lipinski definition) is 2. The van der Waals surface area contributed by atoms with Crippen LogP contribution in [0.25, 0.3) is 0 Å². The molecule has 1 aromatic carbocycles. The molecule has 1 unspecified atom stereocenters. The summed E-state index contributed by atoms with van der Waals surface area (Å²) in [6.07, 6.45) is 8.58. The first kappa shape index (κ1) is 14.7. The van der Waals surface area contributed by atoms with E-state index in [1.54, 1.807) is 12.1 Å². The molecule has 1 aliphatic rings. The van der Waals surface area contributed by atoms with Gasteiger partial charge in [-0.3, -0.25) is 0 Å². The molecule has 0 bridgehead atoms. The Labute approximate surface area is 121 Å². The Morgan fingerprint density at radius 1 is 1.21 bits per heavy atom. The van der Waals surface area contributed by atoms with Crippen LogP contribution in [0, 0.1) is 0 Å². The highest BCUT2D eigenvalue weighted by Crippen LogP contribution is 2.27. The zero-order valence-electron chi connectivity index (χ0n) is 11.9. The molecule has 2 nitrogen and oxygen atoms in total. The van der Waals surface area contributed by atoms with Crippen LogP contribution in [0.3, 0.4) is 0 Å². The predicted octanol–water partition coefficient (Wildman–Crippen LogP) is 3.59. The van der Waals surface area contributed by atoms with Crippen molar-refractivity contribution in [1.29, 1.82) is 0 Å². The summed E-state index contributed by atoms with van der Waals surface area (Å²) < 4.78 is 0. The number of aromatic hydroxyl groups is 1. The summed E-state index contributed by atoms with van der Waals surface area (Å²) in [4.78, 5) is 0. The van der Waals surface area contributed by atoms with Crippen molar-refractivity contribution in [3.8, 4) is 5.75 Å². The van der Waals surface area contributed by atoms with Crippen LogP contribution < -0.4 is 5.32 Å². The largest absolute Gasteiger partial charge is 0.508 e. The molecule has 1 atom stereocenters. The summed E-state index contributed by atoms with van der Waals surface area (Å²) in [5, 5.41) is 13.9. The summed E-state index contributed by atoms with van der Waals surface area (Å²) in [7, 11) is 0.